The van der Waals surface area contributed by atoms with Gasteiger partial charge in [-0.15, -0.1) is 0 Å². The van der Waals surface area contributed by atoms with Gasteiger partial charge in [-0.25, -0.2) is 40.1 Å². The highest BCUT2D eigenvalue weighted by atomic mass is 32.2. The lowest BCUT2D eigenvalue weighted by Crippen LogP contribution is -2.47. The molecule has 1 N–H and O–H groups in total. The lowest BCUT2D eigenvalue weighted by Gasteiger charge is -2.37. The second kappa shape index (κ2) is 12.8. The molecule has 1 aliphatic carbocycles. The summed E-state index contributed by atoms with van der Waals surface area (Å²) in [7, 11) is -5.25. The van der Waals surface area contributed by atoms with Crippen molar-refractivity contribution in [3.05, 3.63) is 88.2 Å². The molecule has 1 aliphatic rings. The van der Waals surface area contributed by atoms with Crippen LogP contribution in [0.1, 0.15) is 43.0 Å². The SMILES string of the molecule is CCCCC[C@@]1(OS(=O)(=O)c2c(F)c(F)c(F)c(F)c2F)C(C(=O)O)=CC(=NOC)C(F)=C1OC(=O)c1ccccc1. The van der Waals surface area contributed by atoms with E-state index in [0.717, 1.165) is 7.11 Å². The molecule has 0 saturated heterocycles. The number of oxime groups is 1. The van der Waals surface area contributed by atoms with Gasteiger partial charge in [0, 0.05) is 0 Å². The van der Waals surface area contributed by atoms with Crippen molar-refractivity contribution in [2.45, 2.75) is 43.1 Å². The Morgan fingerprint density at radius 2 is 1.50 bits per heavy atom. The van der Waals surface area contributed by atoms with Gasteiger partial charge in [0.1, 0.15) is 12.8 Å². The number of esters is 1. The molecule has 226 valence electrons. The van der Waals surface area contributed by atoms with Gasteiger partial charge >= 0.3 is 22.1 Å². The molecule has 0 aliphatic heterocycles. The minimum absolute atomic E-state index is 0.176. The zero-order valence-electron chi connectivity index (χ0n) is 21.7. The number of carbonyl (C=O) groups is 2. The Morgan fingerprint density at radius 1 is 0.929 bits per heavy atom. The maximum Gasteiger partial charge on any atom is 0.343 e. The second-order valence-corrected chi connectivity index (χ2v) is 10.1. The molecule has 0 fully saturated rings. The Kier molecular flexibility index (Phi) is 9.83. The highest BCUT2D eigenvalue weighted by molar-refractivity contribution is 7.86. The number of halogens is 6. The largest absolute Gasteiger partial charge is 0.478 e. The van der Waals surface area contributed by atoms with Crippen molar-refractivity contribution in [2.24, 2.45) is 5.16 Å². The van der Waals surface area contributed by atoms with Gasteiger partial charge in [0.15, 0.2) is 45.4 Å². The zero-order chi connectivity index (χ0) is 31.4. The van der Waals surface area contributed by atoms with E-state index in [0.29, 0.717) is 12.5 Å². The molecule has 0 amide bonds. The van der Waals surface area contributed by atoms with Gasteiger partial charge in [-0.3, -0.25) is 0 Å². The maximum atomic E-state index is 15.9. The lowest BCUT2D eigenvalue weighted by molar-refractivity contribution is -0.134. The summed E-state index contributed by atoms with van der Waals surface area (Å²) in [5.41, 5.74) is -5.56. The molecule has 16 heteroatoms. The van der Waals surface area contributed by atoms with E-state index >= 15 is 4.39 Å². The first-order chi connectivity index (χ1) is 19.7. The maximum absolute atomic E-state index is 15.9. The Hall–Kier alpha value is -4.18. The van der Waals surface area contributed by atoms with Gasteiger partial charge in [-0.2, -0.15) is 8.42 Å². The van der Waals surface area contributed by atoms with Crippen LogP contribution in [0.2, 0.25) is 0 Å². The number of hydrogen-bond acceptors (Lipinski definition) is 8. The predicted molar refractivity (Wildman–Crippen MR) is 132 cm³/mol. The van der Waals surface area contributed by atoms with E-state index in [1.807, 2.05) is 0 Å². The Labute approximate surface area is 234 Å². The highest BCUT2D eigenvalue weighted by Gasteiger charge is 2.54. The molecule has 3 rings (SSSR count). The summed E-state index contributed by atoms with van der Waals surface area (Å²) in [4.78, 5) is 27.4. The zero-order valence-corrected chi connectivity index (χ0v) is 22.5. The van der Waals surface area contributed by atoms with Crippen LogP contribution in [0, 0.1) is 29.1 Å². The number of benzene rings is 2. The first-order valence-electron chi connectivity index (χ1n) is 11.9. The summed E-state index contributed by atoms with van der Waals surface area (Å²) in [6.45, 7) is 1.67. The number of nitrogens with zero attached hydrogens (tertiary/aromatic N) is 1. The van der Waals surface area contributed by atoms with Crippen LogP contribution in [0.15, 0.2) is 63.6 Å². The molecule has 0 saturated carbocycles. The topological polar surface area (TPSA) is 129 Å². The summed E-state index contributed by atoms with van der Waals surface area (Å²) in [6, 6.07) is 6.66. The lowest BCUT2D eigenvalue weighted by atomic mass is 9.81. The third-order valence-corrected chi connectivity index (χ3v) is 7.30. The third kappa shape index (κ3) is 6.04. The first kappa shape index (κ1) is 32.3. The van der Waals surface area contributed by atoms with Crippen LogP contribution >= 0.6 is 0 Å². The summed E-state index contributed by atoms with van der Waals surface area (Å²) in [5.74, 6) is -20.1. The fourth-order valence-electron chi connectivity index (χ4n) is 4.01. The summed E-state index contributed by atoms with van der Waals surface area (Å²) >= 11 is 0. The van der Waals surface area contributed by atoms with Crippen molar-refractivity contribution in [2.75, 3.05) is 7.11 Å². The molecular weight excluding hydrogens is 600 g/mol. The van der Waals surface area contributed by atoms with E-state index < -0.39 is 90.9 Å². The molecular formula is C26H21F6NO8S. The molecule has 0 radical (unpaired) electrons. The quantitative estimate of drug-likeness (QED) is 0.0666. The van der Waals surface area contributed by atoms with Crippen molar-refractivity contribution in [1.29, 1.82) is 0 Å². The van der Waals surface area contributed by atoms with Gasteiger partial charge in [0.25, 0.3) is 0 Å². The third-order valence-electron chi connectivity index (χ3n) is 5.94. The van der Waals surface area contributed by atoms with Crippen molar-refractivity contribution in [3.8, 4) is 0 Å². The molecule has 1 atom stereocenters. The average molecular weight is 622 g/mol. The number of carboxylic acid groups (broad SMARTS) is 1. The molecule has 2 aromatic rings. The van der Waals surface area contributed by atoms with E-state index in [4.69, 9.17) is 8.92 Å². The van der Waals surface area contributed by atoms with Crippen LogP contribution in [0.5, 0.6) is 0 Å². The minimum Gasteiger partial charge on any atom is -0.478 e. The molecule has 0 bridgehead atoms. The molecule has 0 aromatic heterocycles. The van der Waals surface area contributed by atoms with Gasteiger partial charge in [0.2, 0.25) is 5.82 Å². The Bertz CT molecular complexity index is 1580. The monoisotopic (exact) mass is 621 g/mol. The Balaban J connectivity index is 2.37. The number of ether oxygens (including phenoxy) is 1. The number of allylic oxidation sites excluding steroid dienone is 2. The summed E-state index contributed by atoms with van der Waals surface area (Å²) < 4.78 is 123. The van der Waals surface area contributed by atoms with Gasteiger partial charge in [-0.1, -0.05) is 43.1 Å². The average Bonchev–Trinajstić information content (AvgIpc) is 2.94. The van der Waals surface area contributed by atoms with Gasteiger partial charge in [-0.05, 0) is 31.1 Å². The molecule has 2 aromatic carbocycles. The number of hydrogen-bond donors (Lipinski definition) is 1. The van der Waals surface area contributed by atoms with Crippen molar-refractivity contribution < 1.29 is 63.2 Å². The standard InChI is InChI=1S/C26H21F6NO8S/c1-3-4-8-11-26(41-42(37,38)22-20(31)18(29)17(28)19(30)21(22)32)14(24(34)35)12-15(33-39-2)16(27)23(26)40-25(36)13-9-6-5-7-10-13/h5-7,9-10,12H,3-4,8,11H2,1-2H3,(H,34,35)/t26-/m1/s1. The van der Waals surface area contributed by atoms with E-state index in [-0.39, 0.29) is 18.4 Å². The Morgan fingerprint density at radius 3 is 2.02 bits per heavy atom. The number of carboxylic acids is 1. The van der Waals surface area contributed by atoms with Gasteiger partial charge in [0.05, 0.1) is 11.1 Å². The van der Waals surface area contributed by atoms with Crippen LogP contribution in [-0.2, 0) is 28.7 Å². The number of carbonyl (C=O) groups excluding carboxylic acids is 1. The summed E-state index contributed by atoms with van der Waals surface area (Å²) in [5, 5.41) is 13.3. The van der Waals surface area contributed by atoms with Crippen LogP contribution in [0.25, 0.3) is 0 Å². The van der Waals surface area contributed by atoms with Crippen LogP contribution in [0.3, 0.4) is 0 Å². The smallest absolute Gasteiger partial charge is 0.343 e. The molecule has 42 heavy (non-hydrogen) atoms. The van der Waals surface area contributed by atoms with Gasteiger partial charge < -0.3 is 14.7 Å². The van der Waals surface area contributed by atoms with E-state index in [1.54, 1.807) is 6.92 Å². The fraction of sp³-hybridized carbons (Fsp3) is 0.269. The number of aliphatic carboxylic acids is 1. The summed E-state index contributed by atoms with van der Waals surface area (Å²) in [6.07, 6.45) is 0.0549. The first-order valence-corrected chi connectivity index (χ1v) is 13.4. The highest BCUT2D eigenvalue weighted by Crippen LogP contribution is 2.45. The molecule has 0 unspecified atom stereocenters. The molecule has 0 spiro atoms. The van der Waals surface area contributed by atoms with Crippen LogP contribution in [-0.4, -0.2) is 43.9 Å². The fourth-order valence-corrected chi connectivity index (χ4v) is 5.34. The van der Waals surface area contributed by atoms with E-state index in [2.05, 4.69) is 9.99 Å². The number of rotatable bonds is 11. The number of unbranched alkanes of at least 4 members (excludes halogenated alkanes) is 2. The van der Waals surface area contributed by atoms with Crippen LogP contribution < -0.4 is 0 Å². The van der Waals surface area contributed by atoms with Crippen molar-refractivity contribution >= 4 is 27.8 Å². The normalized spacial score (nSPS) is 18.2. The van der Waals surface area contributed by atoms with E-state index in [9.17, 15) is 45.1 Å². The molecule has 9 nitrogen and oxygen atoms in total. The molecule has 0 heterocycles. The second-order valence-electron chi connectivity index (χ2n) is 8.64. The van der Waals surface area contributed by atoms with Crippen LogP contribution in [0.4, 0.5) is 26.3 Å². The minimum atomic E-state index is -6.20. The van der Waals surface area contributed by atoms with Crippen molar-refractivity contribution in [1.82, 2.24) is 0 Å². The predicted octanol–water partition coefficient (Wildman–Crippen LogP) is 5.47. The van der Waals surface area contributed by atoms with Crippen molar-refractivity contribution in [3.63, 3.8) is 0 Å². The van der Waals surface area contributed by atoms with E-state index in [1.165, 1.54) is 30.3 Å².